The molecule has 112 valence electrons. The number of hydrogen-bond acceptors (Lipinski definition) is 6. The van der Waals surface area contributed by atoms with Crippen LogP contribution in [0.1, 0.15) is 5.01 Å². The van der Waals surface area contributed by atoms with E-state index >= 15 is 0 Å². The van der Waals surface area contributed by atoms with Crippen molar-refractivity contribution in [1.82, 2.24) is 9.97 Å². The van der Waals surface area contributed by atoms with Gasteiger partial charge in [-0.05, 0) is 24.3 Å². The number of esters is 1. The minimum Gasteiger partial charge on any atom is -0.465 e. The molecule has 0 aliphatic heterocycles. The zero-order valence-electron chi connectivity index (χ0n) is 11.8. The van der Waals surface area contributed by atoms with Crippen LogP contribution in [0.3, 0.4) is 0 Å². The molecule has 6 heteroatoms. The maximum absolute atomic E-state index is 11.7. The van der Waals surface area contributed by atoms with Crippen LogP contribution in [-0.2, 0) is 16.0 Å². The topological polar surface area (TPSA) is 52.1 Å². The maximum atomic E-state index is 11.7. The summed E-state index contributed by atoms with van der Waals surface area (Å²) in [7, 11) is 0. The largest absolute Gasteiger partial charge is 0.465 e. The molecule has 22 heavy (non-hydrogen) atoms. The van der Waals surface area contributed by atoms with E-state index in [4.69, 9.17) is 4.74 Å². The smallest absolute Gasteiger partial charge is 0.316 e. The number of carbonyl (C=O) groups is 1. The normalized spacial score (nSPS) is 10.7. The van der Waals surface area contributed by atoms with Gasteiger partial charge in [-0.15, -0.1) is 23.1 Å². The highest BCUT2D eigenvalue weighted by atomic mass is 32.2. The van der Waals surface area contributed by atoms with Crippen LogP contribution in [-0.4, -0.2) is 28.3 Å². The molecule has 0 fully saturated rings. The lowest BCUT2D eigenvalue weighted by Crippen LogP contribution is -2.09. The predicted octanol–water partition coefficient (Wildman–Crippen LogP) is 3.57. The molecule has 0 amide bonds. The van der Waals surface area contributed by atoms with Crippen LogP contribution in [0.5, 0.6) is 0 Å². The summed E-state index contributed by atoms with van der Waals surface area (Å²) in [4.78, 5) is 21.2. The van der Waals surface area contributed by atoms with E-state index < -0.39 is 0 Å². The van der Waals surface area contributed by atoms with Gasteiger partial charge in [0.1, 0.15) is 0 Å². The first-order chi connectivity index (χ1) is 10.8. The third-order valence-corrected chi connectivity index (χ3v) is 5.01. The van der Waals surface area contributed by atoms with E-state index in [1.54, 1.807) is 23.7 Å². The molecule has 0 N–H and O–H groups in total. The van der Waals surface area contributed by atoms with Gasteiger partial charge >= 0.3 is 5.97 Å². The molecule has 0 atom stereocenters. The van der Waals surface area contributed by atoms with Crippen molar-refractivity contribution in [2.24, 2.45) is 0 Å². The zero-order valence-corrected chi connectivity index (χ0v) is 13.4. The summed E-state index contributed by atoms with van der Waals surface area (Å²) in [5.74, 6) is 0.104. The standard InChI is InChI=1S/C16H14N2O2S2/c19-16(11-21-12-5-8-17-9-6-12)20-10-7-15-18-13-3-1-2-4-14(13)22-15/h1-6,8-9H,7,10-11H2. The van der Waals surface area contributed by atoms with Crippen molar-refractivity contribution in [1.29, 1.82) is 0 Å². The SMILES string of the molecule is O=C(CSc1ccncc1)OCCc1nc2ccccc2s1. The van der Waals surface area contributed by atoms with Gasteiger partial charge in [-0.3, -0.25) is 9.78 Å². The zero-order chi connectivity index (χ0) is 15.2. The first-order valence-electron chi connectivity index (χ1n) is 6.84. The molecule has 0 aliphatic carbocycles. The quantitative estimate of drug-likeness (QED) is 0.511. The third-order valence-electron chi connectivity index (χ3n) is 2.92. The van der Waals surface area contributed by atoms with Crippen LogP contribution < -0.4 is 0 Å². The Bertz CT molecular complexity index is 726. The Labute approximate surface area is 136 Å². The highest BCUT2D eigenvalue weighted by molar-refractivity contribution is 8.00. The number of rotatable bonds is 6. The van der Waals surface area contributed by atoms with E-state index in [0.29, 0.717) is 18.8 Å². The van der Waals surface area contributed by atoms with Crippen LogP contribution >= 0.6 is 23.1 Å². The number of nitrogens with zero attached hydrogens (tertiary/aromatic N) is 2. The summed E-state index contributed by atoms with van der Waals surface area (Å²) in [6.07, 6.45) is 4.08. The second-order valence-electron chi connectivity index (χ2n) is 4.52. The van der Waals surface area contributed by atoms with Gasteiger partial charge in [-0.2, -0.15) is 0 Å². The van der Waals surface area contributed by atoms with Crippen molar-refractivity contribution in [2.45, 2.75) is 11.3 Å². The first-order valence-corrected chi connectivity index (χ1v) is 8.64. The van der Waals surface area contributed by atoms with E-state index in [0.717, 1.165) is 20.1 Å². The van der Waals surface area contributed by atoms with Gasteiger partial charge in [0.25, 0.3) is 0 Å². The summed E-state index contributed by atoms with van der Waals surface area (Å²) in [6, 6.07) is 11.8. The van der Waals surface area contributed by atoms with Crippen molar-refractivity contribution >= 4 is 39.3 Å². The Morgan fingerprint density at radius 2 is 2.00 bits per heavy atom. The monoisotopic (exact) mass is 330 g/mol. The number of aromatic nitrogens is 2. The molecule has 0 unspecified atom stereocenters. The van der Waals surface area contributed by atoms with Crippen LogP contribution in [0.2, 0.25) is 0 Å². The summed E-state index contributed by atoms with van der Waals surface area (Å²) in [6.45, 7) is 0.371. The summed E-state index contributed by atoms with van der Waals surface area (Å²) < 4.78 is 6.42. The Morgan fingerprint density at radius 1 is 1.18 bits per heavy atom. The maximum Gasteiger partial charge on any atom is 0.316 e. The van der Waals surface area contributed by atoms with Gasteiger partial charge in [-0.25, -0.2) is 4.98 Å². The Hall–Kier alpha value is -1.92. The number of pyridine rings is 1. The van der Waals surface area contributed by atoms with Crippen molar-refractivity contribution in [3.05, 3.63) is 53.8 Å². The van der Waals surface area contributed by atoms with Gasteiger partial charge < -0.3 is 4.74 Å². The lowest BCUT2D eigenvalue weighted by atomic mass is 10.3. The van der Waals surface area contributed by atoms with Crippen molar-refractivity contribution < 1.29 is 9.53 Å². The van der Waals surface area contributed by atoms with Crippen molar-refractivity contribution in [3.63, 3.8) is 0 Å². The molecule has 4 nitrogen and oxygen atoms in total. The molecule has 1 aromatic carbocycles. The molecular formula is C16H14N2O2S2. The lowest BCUT2D eigenvalue weighted by molar-refractivity contribution is -0.140. The molecule has 3 rings (SSSR count). The van der Waals surface area contributed by atoms with E-state index in [-0.39, 0.29) is 5.97 Å². The Balaban J connectivity index is 1.43. The number of fused-ring (bicyclic) bond motifs is 1. The van der Waals surface area contributed by atoms with Crippen LogP contribution in [0.25, 0.3) is 10.2 Å². The van der Waals surface area contributed by atoms with Crippen LogP contribution in [0.15, 0.2) is 53.7 Å². The van der Waals surface area contributed by atoms with Gasteiger partial charge in [0.15, 0.2) is 0 Å². The number of hydrogen-bond donors (Lipinski definition) is 0. The molecule has 2 heterocycles. The summed E-state index contributed by atoms with van der Waals surface area (Å²) >= 11 is 3.10. The molecule has 0 spiro atoms. The average Bonchev–Trinajstić information content (AvgIpc) is 2.96. The highest BCUT2D eigenvalue weighted by Crippen LogP contribution is 2.22. The molecule has 0 radical (unpaired) electrons. The number of thiazole rings is 1. The van der Waals surface area contributed by atoms with Crippen LogP contribution in [0, 0.1) is 0 Å². The first kappa shape index (κ1) is 15.0. The average molecular weight is 330 g/mol. The summed E-state index contributed by atoms with van der Waals surface area (Å²) in [5, 5.41) is 0.996. The second-order valence-corrected chi connectivity index (χ2v) is 6.68. The molecular weight excluding hydrogens is 316 g/mol. The molecule has 3 aromatic rings. The Morgan fingerprint density at radius 3 is 2.82 bits per heavy atom. The van der Waals surface area contributed by atoms with E-state index in [1.807, 2.05) is 36.4 Å². The third kappa shape index (κ3) is 4.05. The van der Waals surface area contributed by atoms with Crippen molar-refractivity contribution in [3.8, 4) is 0 Å². The minimum atomic E-state index is -0.206. The fourth-order valence-electron chi connectivity index (χ4n) is 1.90. The van der Waals surface area contributed by atoms with Crippen LogP contribution in [0.4, 0.5) is 0 Å². The molecule has 2 aromatic heterocycles. The molecule has 0 saturated carbocycles. The predicted molar refractivity (Wildman–Crippen MR) is 89.2 cm³/mol. The Kier molecular flexibility index (Phi) is 5.03. The van der Waals surface area contributed by atoms with E-state index in [1.165, 1.54) is 11.8 Å². The fourth-order valence-corrected chi connectivity index (χ4v) is 3.53. The molecule has 0 saturated heterocycles. The summed E-state index contributed by atoms with van der Waals surface area (Å²) in [5.41, 5.74) is 1.00. The molecule has 0 aliphatic rings. The highest BCUT2D eigenvalue weighted by Gasteiger charge is 2.07. The van der Waals surface area contributed by atoms with Gasteiger partial charge in [0.2, 0.25) is 0 Å². The fraction of sp³-hybridized carbons (Fsp3) is 0.188. The van der Waals surface area contributed by atoms with E-state index in [2.05, 4.69) is 9.97 Å². The number of thioether (sulfide) groups is 1. The lowest BCUT2D eigenvalue weighted by Gasteiger charge is -2.03. The van der Waals surface area contributed by atoms with Gasteiger partial charge in [-0.1, -0.05) is 12.1 Å². The van der Waals surface area contributed by atoms with Crippen molar-refractivity contribution in [2.75, 3.05) is 12.4 Å². The van der Waals surface area contributed by atoms with Gasteiger partial charge in [0.05, 0.1) is 27.6 Å². The number of benzene rings is 1. The molecule has 0 bridgehead atoms. The number of ether oxygens (including phenoxy) is 1. The van der Waals surface area contributed by atoms with E-state index in [9.17, 15) is 4.79 Å². The second kappa shape index (κ2) is 7.38. The number of carbonyl (C=O) groups excluding carboxylic acids is 1. The van der Waals surface area contributed by atoms with Gasteiger partial charge in [0, 0.05) is 23.7 Å². The minimum absolute atomic E-state index is 0.206. The number of para-hydroxylation sites is 1.